The van der Waals surface area contributed by atoms with Crippen LogP contribution in [0.4, 0.5) is 10.1 Å². The number of nitrogens with one attached hydrogen (secondary N) is 1. The van der Waals surface area contributed by atoms with Gasteiger partial charge in [-0.25, -0.2) is 9.37 Å². The third kappa shape index (κ3) is 4.47. The van der Waals surface area contributed by atoms with Gasteiger partial charge in [-0.3, -0.25) is 4.79 Å². The summed E-state index contributed by atoms with van der Waals surface area (Å²) in [5, 5.41) is 2.72. The van der Waals surface area contributed by atoms with E-state index in [-0.39, 0.29) is 11.5 Å². The molecule has 6 nitrogen and oxygen atoms in total. The van der Waals surface area contributed by atoms with Gasteiger partial charge in [-0.05, 0) is 61.5 Å². The second-order valence-corrected chi connectivity index (χ2v) is 6.29. The first-order valence-corrected chi connectivity index (χ1v) is 8.91. The standard InChI is InChI=1S/C22H17FN4O2/c1-15-24-20(27-11-2-3-12-27)14-21(25-15)29-19-9-7-18(8-10-19)26-22(28)16-5-4-6-17(23)13-16/h2-14H,1H3,(H,26,28). The molecule has 0 atom stereocenters. The van der Waals surface area contributed by atoms with Crippen LogP contribution in [-0.2, 0) is 0 Å². The Morgan fingerprint density at radius 2 is 1.76 bits per heavy atom. The summed E-state index contributed by atoms with van der Waals surface area (Å²) in [6.07, 6.45) is 3.78. The van der Waals surface area contributed by atoms with Gasteiger partial charge in [-0.1, -0.05) is 6.07 Å². The highest BCUT2D eigenvalue weighted by Gasteiger charge is 2.08. The Kier molecular flexibility index (Phi) is 5.03. The summed E-state index contributed by atoms with van der Waals surface area (Å²) in [5.41, 5.74) is 0.817. The van der Waals surface area contributed by atoms with E-state index < -0.39 is 5.82 Å². The van der Waals surface area contributed by atoms with Gasteiger partial charge in [-0.2, -0.15) is 4.98 Å². The third-order valence-electron chi connectivity index (χ3n) is 4.09. The predicted molar refractivity (Wildman–Crippen MR) is 107 cm³/mol. The summed E-state index contributed by atoms with van der Waals surface area (Å²) < 4.78 is 21.0. The summed E-state index contributed by atoms with van der Waals surface area (Å²) in [5.74, 6) is 1.42. The lowest BCUT2D eigenvalue weighted by Gasteiger charge is -2.10. The van der Waals surface area contributed by atoms with Crippen molar-refractivity contribution in [3.63, 3.8) is 0 Å². The molecule has 0 aliphatic rings. The summed E-state index contributed by atoms with van der Waals surface area (Å²) in [6, 6.07) is 17.9. The number of nitrogens with zero attached hydrogens (tertiary/aromatic N) is 3. The number of hydrogen-bond donors (Lipinski definition) is 1. The second kappa shape index (κ2) is 7.93. The number of aromatic nitrogens is 3. The van der Waals surface area contributed by atoms with Gasteiger partial charge in [0.25, 0.3) is 5.91 Å². The Balaban J connectivity index is 1.47. The van der Waals surface area contributed by atoms with Crippen molar-refractivity contribution in [2.75, 3.05) is 5.32 Å². The van der Waals surface area contributed by atoms with Crippen LogP contribution in [0.1, 0.15) is 16.2 Å². The quantitative estimate of drug-likeness (QED) is 0.535. The maximum Gasteiger partial charge on any atom is 0.255 e. The van der Waals surface area contributed by atoms with Crippen molar-refractivity contribution in [1.82, 2.24) is 14.5 Å². The molecule has 1 amide bonds. The van der Waals surface area contributed by atoms with Gasteiger partial charge in [0.15, 0.2) is 0 Å². The number of hydrogen-bond acceptors (Lipinski definition) is 4. The minimum atomic E-state index is -0.458. The van der Waals surface area contributed by atoms with Crippen molar-refractivity contribution in [3.8, 4) is 17.4 Å². The molecule has 29 heavy (non-hydrogen) atoms. The summed E-state index contributed by atoms with van der Waals surface area (Å²) in [4.78, 5) is 20.9. The lowest BCUT2D eigenvalue weighted by molar-refractivity contribution is 0.102. The molecule has 0 fully saturated rings. The van der Waals surface area contributed by atoms with Crippen LogP contribution >= 0.6 is 0 Å². The first kappa shape index (κ1) is 18.4. The van der Waals surface area contributed by atoms with Crippen LogP contribution in [-0.4, -0.2) is 20.4 Å². The number of amides is 1. The van der Waals surface area contributed by atoms with Crippen molar-refractivity contribution in [2.24, 2.45) is 0 Å². The van der Waals surface area contributed by atoms with Crippen molar-refractivity contribution >= 4 is 11.6 Å². The highest BCUT2D eigenvalue weighted by molar-refractivity contribution is 6.04. The lowest BCUT2D eigenvalue weighted by atomic mass is 10.2. The SMILES string of the molecule is Cc1nc(Oc2ccc(NC(=O)c3cccc(F)c3)cc2)cc(-n2cccc2)n1. The van der Waals surface area contributed by atoms with E-state index in [2.05, 4.69) is 15.3 Å². The van der Waals surface area contributed by atoms with E-state index in [1.165, 1.54) is 18.2 Å². The molecule has 0 radical (unpaired) electrons. The molecule has 4 rings (SSSR count). The predicted octanol–water partition coefficient (Wildman–Crippen LogP) is 4.76. The molecule has 0 saturated heterocycles. The Hall–Kier alpha value is -4.00. The van der Waals surface area contributed by atoms with Gasteiger partial charge in [0, 0.05) is 29.7 Å². The van der Waals surface area contributed by atoms with E-state index in [1.807, 2.05) is 29.1 Å². The number of anilines is 1. The van der Waals surface area contributed by atoms with E-state index in [0.717, 1.165) is 0 Å². The Morgan fingerprint density at radius 3 is 2.48 bits per heavy atom. The molecule has 7 heteroatoms. The molecule has 1 N–H and O–H groups in total. The number of rotatable bonds is 5. The molecule has 2 heterocycles. The third-order valence-corrected chi connectivity index (χ3v) is 4.09. The zero-order chi connectivity index (χ0) is 20.2. The number of carbonyl (C=O) groups is 1. The Bertz CT molecular complexity index is 1140. The number of ether oxygens (including phenoxy) is 1. The summed E-state index contributed by atoms with van der Waals surface area (Å²) in [6.45, 7) is 1.80. The number of carbonyl (C=O) groups excluding carboxylic acids is 1. The van der Waals surface area contributed by atoms with Crippen molar-refractivity contribution in [3.05, 3.63) is 96.3 Å². The van der Waals surface area contributed by atoms with Gasteiger partial charge < -0.3 is 14.6 Å². The molecule has 0 unspecified atom stereocenters. The molecule has 2 aromatic heterocycles. The van der Waals surface area contributed by atoms with E-state index in [4.69, 9.17) is 4.74 Å². The monoisotopic (exact) mass is 388 g/mol. The molecule has 144 valence electrons. The minimum absolute atomic E-state index is 0.249. The van der Waals surface area contributed by atoms with Crippen molar-refractivity contribution < 1.29 is 13.9 Å². The van der Waals surface area contributed by atoms with Crippen LogP contribution in [0.3, 0.4) is 0 Å². The van der Waals surface area contributed by atoms with E-state index in [9.17, 15) is 9.18 Å². The van der Waals surface area contributed by atoms with Crippen LogP contribution in [0.2, 0.25) is 0 Å². The molecule has 0 aliphatic heterocycles. The Morgan fingerprint density at radius 1 is 1.00 bits per heavy atom. The zero-order valence-electron chi connectivity index (χ0n) is 15.5. The summed E-state index contributed by atoms with van der Waals surface area (Å²) >= 11 is 0. The summed E-state index contributed by atoms with van der Waals surface area (Å²) in [7, 11) is 0. The maximum atomic E-state index is 13.3. The van der Waals surface area contributed by atoms with Gasteiger partial charge >= 0.3 is 0 Å². The van der Waals surface area contributed by atoms with E-state index >= 15 is 0 Å². The normalized spacial score (nSPS) is 10.6. The topological polar surface area (TPSA) is 69.0 Å². The molecule has 4 aromatic rings. The smallest absolute Gasteiger partial charge is 0.255 e. The average molecular weight is 388 g/mol. The lowest BCUT2D eigenvalue weighted by Crippen LogP contribution is -2.11. The maximum absolute atomic E-state index is 13.3. The fraction of sp³-hybridized carbons (Fsp3) is 0.0455. The molecule has 0 saturated carbocycles. The van der Waals surface area contributed by atoms with Crippen LogP contribution in [0.15, 0.2) is 79.1 Å². The average Bonchev–Trinajstić information content (AvgIpc) is 3.24. The van der Waals surface area contributed by atoms with E-state index in [0.29, 0.717) is 29.0 Å². The van der Waals surface area contributed by atoms with Crippen LogP contribution in [0, 0.1) is 12.7 Å². The first-order valence-electron chi connectivity index (χ1n) is 8.91. The van der Waals surface area contributed by atoms with Gasteiger partial charge in [0.1, 0.15) is 23.2 Å². The fourth-order valence-corrected chi connectivity index (χ4v) is 2.76. The molecular formula is C22H17FN4O2. The largest absolute Gasteiger partial charge is 0.439 e. The number of halogens is 1. The van der Waals surface area contributed by atoms with Crippen LogP contribution in [0.25, 0.3) is 5.82 Å². The Labute approximate surface area is 166 Å². The van der Waals surface area contributed by atoms with Gasteiger partial charge in [-0.15, -0.1) is 0 Å². The number of benzene rings is 2. The molecule has 0 bridgehead atoms. The zero-order valence-corrected chi connectivity index (χ0v) is 15.5. The van der Waals surface area contributed by atoms with E-state index in [1.54, 1.807) is 43.3 Å². The van der Waals surface area contributed by atoms with Crippen molar-refractivity contribution in [2.45, 2.75) is 6.92 Å². The van der Waals surface area contributed by atoms with Crippen molar-refractivity contribution in [1.29, 1.82) is 0 Å². The molecular weight excluding hydrogens is 371 g/mol. The fourth-order valence-electron chi connectivity index (χ4n) is 2.76. The first-order chi connectivity index (χ1) is 14.1. The second-order valence-electron chi connectivity index (χ2n) is 6.29. The molecule has 0 spiro atoms. The van der Waals surface area contributed by atoms with Crippen LogP contribution < -0.4 is 10.1 Å². The van der Waals surface area contributed by atoms with Gasteiger partial charge in [0.2, 0.25) is 5.88 Å². The van der Waals surface area contributed by atoms with Gasteiger partial charge in [0.05, 0.1) is 0 Å². The minimum Gasteiger partial charge on any atom is -0.439 e. The molecule has 0 aliphatic carbocycles. The number of aryl methyl sites for hydroxylation is 1. The van der Waals surface area contributed by atoms with Crippen LogP contribution in [0.5, 0.6) is 11.6 Å². The highest BCUT2D eigenvalue weighted by atomic mass is 19.1. The highest BCUT2D eigenvalue weighted by Crippen LogP contribution is 2.23. The molecule has 2 aromatic carbocycles.